The molecule has 32 heavy (non-hydrogen) atoms. The number of likely N-dealkylation sites (tertiary alicyclic amines) is 2. The lowest BCUT2D eigenvalue weighted by Crippen LogP contribution is -2.46. The predicted octanol–water partition coefficient (Wildman–Crippen LogP) is 4.19. The monoisotopic (exact) mass is 456 g/mol. The molecule has 0 aromatic carbocycles. The Hall–Kier alpha value is -1.91. The Morgan fingerprint density at radius 1 is 1.09 bits per heavy atom. The summed E-state index contributed by atoms with van der Waals surface area (Å²) in [5, 5.41) is 13.4. The third-order valence-electron chi connectivity index (χ3n) is 7.35. The van der Waals surface area contributed by atoms with Crippen LogP contribution in [0, 0.1) is 23.2 Å². The zero-order valence-electron chi connectivity index (χ0n) is 19.3. The molecule has 0 saturated carbocycles. The molecule has 174 valence electrons. The quantitative estimate of drug-likeness (QED) is 0.674. The fourth-order valence-corrected chi connectivity index (χ4v) is 6.70. The molecule has 2 amide bonds. The van der Waals surface area contributed by atoms with Gasteiger partial charge in [0.2, 0.25) is 11.8 Å². The van der Waals surface area contributed by atoms with Crippen LogP contribution in [-0.2, 0) is 22.4 Å². The number of amides is 2. The Morgan fingerprint density at radius 2 is 1.88 bits per heavy atom. The topological polar surface area (TPSA) is 76.4 Å². The smallest absolute Gasteiger partial charge is 0.226 e. The molecule has 3 heterocycles. The Labute approximate surface area is 196 Å². The van der Waals surface area contributed by atoms with Crippen molar-refractivity contribution in [3.63, 3.8) is 0 Å². The number of carbonyl (C=O) groups is 2. The molecule has 0 bridgehead atoms. The maximum absolute atomic E-state index is 12.9. The number of nitriles is 1. The summed E-state index contributed by atoms with van der Waals surface area (Å²) in [5.74, 6) is 1.09. The van der Waals surface area contributed by atoms with Gasteiger partial charge in [0, 0.05) is 36.9 Å². The van der Waals surface area contributed by atoms with Gasteiger partial charge in [0.25, 0.3) is 0 Å². The van der Waals surface area contributed by atoms with Crippen LogP contribution < -0.4 is 5.32 Å². The van der Waals surface area contributed by atoms with Crippen molar-refractivity contribution in [2.45, 2.75) is 71.1 Å². The number of thiophene rings is 1. The van der Waals surface area contributed by atoms with Gasteiger partial charge in [0.15, 0.2) is 0 Å². The number of fused-ring (bicyclic) bond motifs is 1. The summed E-state index contributed by atoms with van der Waals surface area (Å²) in [6.45, 7) is 6.53. The Bertz CT molecular complexity index is 866. The van der Waals surface area contributed by atoms with Gasteiger partial charge in [-0.3, -0.25) is 9.59 Å². The van der Waals surface area contributed by atoms with Crippen LogP contribution in [0.25, 0.3) is 0 Å². The van der Waals surface area contributed by atoms with Crippen molar-refractivity contribution >= 4 is 28.2 Å². The summed E-state index contributed by atoms with van der Waals surface area (Å²) in [5.41, 5.74) is 1.85. The molecule has 0 spiro atoms. The van der Waals surface area contributed by atoms with Gasteiger partial charge in [-0.2, -0.15) is 5.26 Å². The molecule has 1 aromatic rings. The number of carbonyl (C=O) groups excluding carboxylic acids is 2. The lowest BCUT2D eigenvalue weighted by molar-refractivity contribution is -0.139. The van der Waals surface area contributed by atoms with Crippen molar-refractivity contribution in [2.24, 2.45) is 11.8 Å². The van der Waals surface area contributed by atoms with Crippen molar-refractivity contribution in [3.8, 4) is 6.07 Å². The average molecular weight is 457 g/mol. The van der Waals surface area contributed by atoms with Crippen molar-refractivity contribution in [2.75, 3.05) is 38.0 Å². The molecular weight excluding hydrogens is 420 g/mol. The van der Waals surface area contributed by atoms with Gasteiger partial charge in [0.1, 0.15) is 11.1 Å². The number of nitrogens with one attached hydrogen (secondary N) is 1. The van der Waals surface area contributed by atoms with E-state index >= 15 is 0 Å². The highest BCUT2D eigenvalue weighted by Crippen LogP contribution is 2.37. The molecule has 7 heteroatoms. The summed E-state index contributed by atoms with van der Waals surface area (Å²) < 4.78 is 0. The summed E-state index contributed by atoms with van der Waals surface area (Å²) in [7, 11) is 0. The summed E-state index contributed by atoms with van der Waals surface area (Å²) in [6, 6.07) is 2.34. The van der Waals surface area contributed by atoms with E-state index in [4.69, 9.17) is 0 Å². The zero-order valence-corrected chi connectivity index (χ0v) is 20.1. The average Bonchev–Trinajstić information content (AvgIpc) is 2.96. The van der Waals surface area contributed by atoms with Crippen molar-refractivity contribution in [3.05, 3.63) is 16.0 Å². The molecule has 1 aliphatic carbocycles. The summed E-state index contributed by atoms with van der Waals surface area (Å²) >= 11 is 1.60. The third kappa shape index (κ3) is 5.52. The number of rotatable bonds is 5. The number of anilines is 1. The van der Waals surface area contributed by atoms with E-state index in [-0.39, 0.29) is 11.8 Å². The summed E-state index contributed by atoms with van der Waals surface area (Å²) in [4.78, 5) is 31.1. The maximum atomic E-state index is 12.9. The van der Waals surface area contributed by atoms with Crippen molar-refractivity contribution in [1.82, 2.24) is 9.80 Å². The second-order valence-electron chi connectivity index (χ2n) is 9.83. The fourth-order valence-electron chi connectivity index (χ4n) is 5.45. The van der Waals surface area contributed by atoms with E-state index in [9.17, 15) is 14.9 Å². The maximum Gasteiger partial charge on any atom is 0.226 e. The van der Waals surface area contributed by atoms with Gasteiger partial charge in [-0.25, -0.2) is 0 Å². The van der Waals surface area contributed by atoms with Gasteiger partial charge in [-0.15, -0.1) is 11.3 Å². The van der Waals surface area contributed by atoms with E-state index < -0.39 is 0 Å². The molecule has 0 radical (unpaired) electrons. The van der Waals surface area contributed by atoms with Crippen LogP contribution in [0.15, 0.2) is 0 Å². The Balaban J connectivity index is 1.23. The van der Waals surface area contributed by atoms with Crippen LogP contribution in [-0.4, -0.2) is 54.3 Å². The van der Waals surface area contributed by atoms with E-state index in [1.165, 1.54) is 29.7 Å². The van der Waals surface area contributed by atoms with Crippen molar-refractivity contribution < 1.29 is 9.59 Å². The lowest BCUT2D eigenvalue weighted by Gasteiger charge is -2.37. The highest BCUT2D eigenvalue weighted by Gasteiger charge is 2.30. The molecule has 3 aliphatic rings. The SMILES string of the molecule is CC1CCCN(C(=O)C2CCN(CCC(=O)Nc3sc4c(c3C#N)CCCCC4)CC2)C1. The minimum atomic E-state index is -0.0154. The first-order valence-corrected chi connectivity index (χ1v) is 13.2. The number of piperidine rings is 2. The van der Waals surface area contributed by atoms with Gasteiger partial charge >= 0.3 is 0 Å². The predicted molar refractivity (Wildman–Crippen MR) is 128 cm³/mol. The van der Waals surface area contributed by atoms with Gasteiger partial charge in [-0.05, 0) is 75.9 Å². The van der Waals surface area contributed by atoms with Crippen LogP contribution in [0.5, 0.6) is 0 Å². The first-order chi connectivity index (χ1) is 15.5. The van der Waals surface area contributed by atoms with Crippen LogP contribution in [0.2, 0.25) is 0 Å². The standard InChI is InChI=1S/C25H36N4O2S/c1-18-6-5-12-29(17-18)25(31)19-9-13-28(14-10-19)15-11-23(30)27-24-21(16-26)20-7-3-2-4-8-22(20)32-24/h18-19H,2-15,17H2,1H3,(H,27,30). The molecular formula is C25H36N4O2S. The van der Waals surface area contributed by atoms with Crippen LogP contribution in [0.3, 0.4) is 0 Å². The van der Waals surface area contributed by atoms with Gasteiger partial charge < -0.3 is 15.1 Å². The van der Waals surface area contributed by atoms with Gasteiger partial charge in [-0.1, -0.05) is 13.3 Å². The molecule has 1 unspecified atom stereocenters. The second kappa shape index (κ2) is 10.8. The van der Waals surface area contributed by atoms with Crippen LogP contribution in [0.1, 0.15) is 74.3 Å². The van der Waals surface area contributed by atoms with E-state index in [2.05, 4.69) is 28.1 Å². The minimum absolute atomic E-state index is 0.0154. The number of hydrogen-bond acceptors (Lipinski definition) is 5. The molecule has 1 aromatic heterocycles. The minimum Gasteiger partial charge on any atom is -0.342 e. The second-order valence-corrected chi connectivity index (χ2v) is 10.9. The van der Waals surface area contributed by atoms with E-state index in [0.29, 0.717) is 30.4 Å². The normalized spacial score (nSPS) is 22.6. The number of aryl methyl sites for hydroxylation is 1. The van der Waals surface area contributed by atoms with Crippen molar-refractivity contribution in [1.29, 1.82) is 5.26 Å². The third-order valence-corrected chi connectivity index (χ3v) is 8.55. The molecule has 1 N–H and O–H groups in total. The largest absolute Gasteiger partial charge is 0.342 e. The first kappa shape index (κ1) is 23.3. The van der Waals surface area contributed by atoms with Gasteiger partial charge in [0.05, 0.1) is 5.56 Å². The molecule has 2 aliphatic heterocycles. The molecule has 4 rings (SSSR count). The Kier molecular flexibility index (Phi) is 7.85. The van der Waals surface area contributed by atoms with E-state index in [0.717, 1.165) is 69.7 Å². The number of nitrogens with zero attached hydrogens (tertiary/aromatic N) is 3. The van der Waals surface area contributed by atoms with Crippen LogP contribution >= 0.6 is 11.3 Å². The highest BCUT2D eigenvalue weighted by atomic mass is 32.1. The highest BCUT2D eigenvalue weighted by molar-refractivity contribution is 7.16. The van der Waals surface area contributed by atoms with E-state index in [1.807, 2.05) is 0 Å². The zero-order chi connectivity index (χ0) is 22.5. The number of hydrogen-bond donors (Lipinski definition) is 1. The van der Waals surface area contributed by atoms with E-state index in [1.54, 1.807) is 11.3 Å². The fraction of sp³-hybridized carbons (Fsp3) is 0.720. The molecule has 1 atom stereocenters. The summed E-state index contributed by atoms with van der Waals surface area (Å²) in [6.07, 6.45) is 10.0. The lowest BCUT2D eigenvalue weighted by atomic mass is 9.92. The Morgan fingerprint density at radius 3 is 2.62 bits per heavy atom. The van der Waals surface area contributed by atoms with Crippen LogP contribution in [0.4, 0.5) is 5.00 Å². The molecule has 6 nitrogen and oxygen atoms in total. The molecule has 2 saturated heterocycles. The molecule has 2 fully saturated rings. The first-order valence-electron chi connectivity index (χ1n) is 12.4.